The van der Waals surface area contributed by atoms with Crippen LogP contribution >= 0.6 is 0 Å². The van der Waals surface area contributed by atoms with Gasteiger partial charge in [0.25, 0.3) is 0 Å². The summed E-state index contributed by atoms with van der Waals surface area (Å²) in [6.07, 6.45) is 17.1. The molecule has 0 heterocycles. The largest absolute Gasteiger partial charge is 0.290 e. The van der Waals surface area contributed by atoms with Crippen molar-refractivity contribution in [3.05, 3.63) is 23.3 Å². The summed E-state index contributed by atoms with van der Waals surface area (Å²) in [5, 5.41) is 0. The predicted molar refractivity (Wildman–Crippen MR) is 95.4 cm³/mol. The average Bonchev–Trinajstić information content (AvgIpc) is 2.94. The van der Waals surface area contributed by atoms with Crippen molar-refractivity contribution in [3.63, 3.8) is 0 Å². The van der Waals surface area contributed by atoms with E-state index >= 15 is 0 Å². The molecule has 0 aromatic heterocycles. The zero-order valence-electron chi connectivity index (χ0n) is 15.0. The van der Waals surface area contributed by atoms with Crippen LogP contribution in [0.1, 0.15) is 90.9 Å². The molecule has 2 aliphatic carbocycles. The summed E-state index contributed by atoms with van der Waals surface area (Å²) in [7, 11) is 0. The number of allylic oxidation sites excluding steroid dienone is 4. The highest BCUT2D eigenvalue weighted by Gasteiger charge is 2.42. The van der Waals surface area contributed by atoms with Gasteiger partial charge in [-0.05, 0) is 43.3 Å². The fourth-order valence-electron chi connectivity index (χ4n) is 4.18. The highest BCUT2D eigenvalue weighted by atomic mass is 16.1. The first-order valence-electron chi connectivity index (χ1n) is 9.60. The molecule has 0 bridgehead atoms. The molecule has 0 saturated heterocycles. The van der Waals surface area contributed by atoms with Gasteiger partial charge < -0.3 is 0 Å². The number of hydrogen-bond acceptors (Lipinski definition) is 2. The van der Waals surface area contributed by atoms with E-state index in [-0.39, 0.29) is 17.0 Å². The first-order chi connectivity index (χ1) is 11.1. The summed E-state index contributed by atoms with van der Waals surface area (Å²) < 4.78 is 0. The highest BCUT2D eigenvalue weighted by Crippen LogP contribution is 2.50. The molecule has 0 aromatic rings. The van der Waals surface area contributed by atoms with Crippen molar-refractivity contribution in [1.29, 1.82) is 0 Å². The molecular formula is C21H32O2. The minimum Gasteiger partial charge on any atom is -0.290 e. The van der Waals surface area contributed by atoms with Gasteiger partial charge in [0.15, 0.2) is 11.6 Å². The minimum atomic E-state index is 0.0867. The van der Waals surface area contributed by atoms with Gasteiger partial charge in [0.05, 0.1) is 0 Å². The van der Waals surface area contributed by atoms with E-state index in [1.165, 1.54) is 76.4 Å². The maximum absolute atomic E-state index is 12.2. The van der Waals surface area contributed by atoms with Crippen molar-refractivity contribution in [1.82, 2.24) is 0 Å². The molecule has 0 aromatic carbocycles. The van der Waals surface area contributed by atoms with Gasteiger partial charge in [0.2, 0.25) is 0 Å². The van der Waals surface area contributed by atoms with Crippen molar-refractivity contribution >= 4 is 11.6 Å². The lowest BCUT2D eigenvalue weighted by Crippen LogP contribution is -2.19. The lowest BCUT2D eigenvalue weighted by molar-refractivity contribution is -0.115. The summed E-state index contributed by atoms with van der Waals surface area (Å²) in [6, 6.07) is 0. The second-order valence-electron chi connectivity index (χ2n) is 7.49. The minimum absolute atomic E-state index is 0.0867. The average molecular weight is 316 g/mol. The molecule has 23 heavy (non-hydrogen) atoms. The van der Waals surface area contributed by atoms with Gasteiger partial charge in [-0.2, -0.15) is 0 Å². The Morgan fingerprint density at radius 3 is 1.57 bits per heavy atom. The van der Waals surface area contributed by atoms with Crippen LogP contribution in [-0.4, -0.2) is 11.6 Å². The Bertz CT molecular complexity index is 452. The van der Waals surface area contributed by atoms with E-state index in [1.807, 2.05) is 0 Å². The Morgan fingerprint density at radius 1 is 0.739 bits per heavy atom. The molecule has 0 spiro atoms. The van der Waals surface area contributed by atoms with Crippen LogP contribution in [0, 0.1) is 5.41 Å². The highest BCUT2D eigenvalue weighted by molar-refractivity contribution is 6.20. The number of hydrogen-bond donors (Lipinski definition) is 0. The summed E-state index contributed by atoms with van der Waals surface area (Å²) >= 11 is 0. The van der Waals surface area contributed by atoms with Crippen molar-refractivity contribution in [2.24, 2.45) is 5.41 Å². The van der Waals surface area contributed by atoms with Crippen molar-refractivity contribution in [2.75, 3.05) is 0 Å². The Kier molecular flexibility index (Phi) is 6.80. The normalized spacial score (nSPS) is 19.6. The first kappa shape index (κ1) is 18.2. The molecule has 0 unspecified atom stereocenters. The van der Waals surface area contributed by atoms with E-state index in [4.69, 9.17) is 0 Å². The second kappa shape index (κ2) is 8.61. The topological polar surface area (TPSA) is 34.1 Å². The first-order valence-corrected chi connectivity index (χ1v) is 9.60. The number of rotatable bonds is 10. The third kappa shape index (κ3) is 4.65. The molecule has 0 N–H and O–H groups in total. The Balaban J connectivity index is 2.01. The van der Waals surface area contributed by atoms with E-state index in [2.05, 4.69) is 13.8 Å². The SMILES string of the molecule is CCCCCCC1(CCCCCC)CC2=C(C1)C(=O)C=CC2=O. The molecular weight excluding hydrogens is 284 g/mol. The molecule has 0 amide bonds. The second-order valence-corrected chi connectivity index (χ2v) is 7.49. The molecule has 2 rings (SSSR count). The quantitative estimate of drug-likeness (QED) is 0.382. The molecule has 2 heteroatoms. The van der Waals surface area contributed by atoms with Crippen LogP contribution in [0.5, 0.6) is 0 Å². The Hall–Kier alpha value is -1.18. The van der Waals surface area contributed by atoms with Gasteiger partial charge in [-0.15, -0.1) is 0 Å². The number of carbonyl (C=O) groups excluding carboxylic acids is 2. The summed E-state index contributed by atoms with van der Waals surface area (Å²) in [6.45, 7) is 4.47. The zero-order chi connectivity index (χ0) is 16.7. The lowest BCUT2D eigenvalue weighted by atomic mass is 9.74. The number of unbranched alkanes of at least 4 members (excludes halogenated alkanes) is 6. The van der Waals surface area contributed by atoms with Crippen molar-refractivity contribution in [2.45, 2.75) is 90.9 Å². The van der Waals surface area contributed by atoms with E-state index in [0.29, 0.717) is 0 Å². The van der Waals surface area contributed by atoms with Gasteiger partial charge in [0, 0.05) is 11.1 Å². The van der Waals surface area contributed by atoms with Crippen LogP contribution in [-0.2, 0) is 9.59 Å². The van der Waals surface area contributed by atoms with Gasteiger partial charge in [-0.25, -0.2) is 0 Å². The lowest BCUT2D eigenvalue weighted by Gasteiger charge is -2.30. The van der Waals surface area contributed by atoms with E-state index in [1.54, 1.807) is 0 Å². The van der Waals surface area contributed by atoms with Crippen LogP contribution in [0.2, 0.25) is 0 Å². The molecule has 0 fully saturated rings. The molecule has 0 atom stereocenters. The molecule has 2 nitrogen and oxygen atoms in total. The smallest absolute Gasteiger partial charge is 0.182 e. The monoisotopic (exact) mass is 316 g/mol. The Morgan fingerprint density at radius 2 is 1.17 bits per heavy atom. The van der Waals surface area contributed by atoms with Crippen LogP contribution in [0.3, 0.4) is 0 Å². The van der Waals surface area contributed by atoms with Crippen molar-refractivity contribution < 1.29 is 9.59 Å². The molecule has 2 aliphatic rings. The Labute approximate surface area is 141 Å². The van der Waals surface area contributed by atoms with Crippen molar-refractivity contribution in [3.8, 4) is 0 Å². The molecule has 0 saturated carbocycles. The van der Waals surface area contributed by atoms with Gasteiger partial charge in [-0.1, -0.05) is 65.2 Å². The van der Waals surface area contributed by atoms with E-state index in [9.17, 15) is 9.59 Å². The van der Waals surface area contributed by atoms with Crippen LogP contribution in [0.15, 0.2) is 23.3 Å². The fraction of sp³-hybridized carbons (Fsp3) is 0.714. The van der Waals surface area contributed by atoms with Gasteiger partial charge in [0.1, 0.15) is 0 Å². The van der Waals surface area contributed by atoms with Gasteiger partial charge >= 0.3 is 0 Å². The van der Waals surface area contributed by atoms with Crippen LogP contribution in [0.4, 0.5) is 0 Å². The standard InChI is InChI=1S/C21H32O2/c1-3-5-7-9-13-21(14-10-8-6-4-2)15-17-18(16-21)20(23)12-11-19(17)22/h11-12H,3-10,13-16H2,1-2H3. The number of carbonyl (C=O) groups is 2. The fourth-order valence-corrected chi connectivity index (χ4v) is 4.18. The maximum atomic E-state index is 12.2. The number of ketones is 2. The van der Waals surface area contributed by atoms with Crippen LogP contribution < -0.4 is 0 Å². The van der Waals surface area contributed by atoms with Gasteiger partial charge in [-0.3, -0.25) is 9.59 Å². The van der Waals surface area contributed by atoms with E-state index < -0.39 is 0 Å². The molecule has 128 valence electrons. The summed E-state index contributed by atoms with van der Waals surface area (Å²) in [5.41, 5.74) is 1.86. The third-order valence-corrected chi connectivity index (χ3v) is 5.57. The zero-order valence-corrected chi connectivity index (χ0v) is 15.0. The molecule has 0 radical (unpaired) electrons. The van der Waals surface area contributed by atoms with E-state index in [0.717, 1.165) is 24.0 Å². The van der Waals surface area contributed by atoms with Crippen LogP contribution in [0.25, 0.3) is 0 Å². The predicted octanol–water partition coefficient (Wildman–Crippen LogP) is 5.71. The third-order valence-electron chi connectivity index (χ3n) is 5.57. The maximum Gasteiger partial charge on any atom is 0.182 e. The summed E-state index contributed by atoms with van der Waals surface area (Å²) in [5.74, 6) is 0.173. The molecule has 0 aliphatic heterocycles. The summed E-state index contributed by atoms with van der Waals surface area (Å²) in [4.78, 5) is 24.3.